The largest absolute Gasteiger partial charge is 0.398 e. The van der Waals surface area contributed by atoms with Gasteiger partial charge < -0.3 is 5.73 Å². The number of allylic oxidation sites excluding steroid dienone is 1. The first-order chi connectivity index (χ1) is 28.0. The third kappa shape index (κ3) is 7.22. The van der Waals surface area contributed by atoms with E-state index < -0.39 is 0 Å². The minimum Gasteiger partial charge on any atom is -0.398 e. The molecule has 0 bridgehead atoms. The summed E-state index contributed by atoms with van der Waals surface area (Å²) in [5.41, 5.74) is 21.7. The van der Waals surface area contributed by atoms with Crippen molar-refractivity contribution in [3.05, 3.63) is 211 Å². The fourth-order valence-corrected chi connectivity index (χ4v) is 7.42. The van der Waals surface area contributed by atoms with Gasteiger partial charge in [0.1, 0.15) is 0 Å². The van der Waals surface area contributed by atoms with Gasteiger partial charge in [-0.25, -0.2) is 4.98 Å². The lowest BCUT2D eigenvalue weighted by molar-refractivity contribution is 1.25. The molecule has 5 nitrogen and oxygen atoms in total. The molecule has 5 heteroatoms. The maximum atomic E-state index is 6.62. The van der Waals surface area contributed by atoms with Crippen LogP contribution in [0, 0.1) is 6.92 Å². The average Bonchev–Trinajstić information content (AvgIpc) is 3.27. The minimum absolute atomic E-state index is 0.513. The second kappa shape index (κ2) is 15.3. The van der Waals surface area contributed by atoms with E-state index in [0.29, 0.717) is 17.8 Å². The molecule has 272 valence electrons. The van der Waals surface area contributed by atoms with Crippen LogP contribution in [-0.2, 0) is 0 Å². The summed E-state index contributed by atoms with van der Waals surface area (Å²) >= 11 is 0. The van der Waals surface area contributed by atoms with Crippen LogP contribution in [0.4, 0.5) is 0 Å². The molecule has 0 atom stereocenters. The molecule has 0 spiro atoms. The predicted molar refractivity (Wildman–Crippen MR) is 239 cm³/mol. The fraction of sp³-hybridized carbons (Fsp3) is 0.0385. The Morgan fingerprint density at radius 2 is 1.28 bits per heavy atom. The first-order valence-electron chi connectivity index (χ1n) is 19.1. The molecule has 0 saturated carbocycles. The zero-order valence-electron chi connectivity index (χ0n) is 31.6. The van der Waals surface area contributed by atoms with Crippen LogP contribution >= 0.6 is 0 Å². The third-order valence-electron chi connectivity index (χ3n) is 10.4. The van der Waals surface area contributed by atoms with Gasteiger partial charge in [0.25, 0.3) is 0 Å². The summed E-state index contributed by atoms with van der Waals surface area (Å²) in [6.07, 6.45) is 4.39. The van der Waals surface area contributed by atoms with Crippen LogP contribution in [0.5, 0.6) is 0 Å². The standard InChI is InChI=1S/C52H39N5/c1-34-21-22-41-27-28-45-46(33-49(38-14-7-4-8-15-38)57-52(45)51(41)55-34)36-23-25-39(26-24-36)48(30-29-47(53)37-12-5-3-6-13-37)56-35(2)42-17-9-18-43(32-42)44-20-10-16-40-19-11-31-54-50(40)44/h3-29,31-33H,2,30,53H2,1H3/b47-29-,56-48?. The molecular weight excluding hydrogens is 695 g/mol. The van der Waals surface area contributed by atoms with Gasteiger partial charge in [0, 0.05) is 56.9 Å². The Kier molecular flexibility index (Phi) is 9.47. The Bertz CT molecular complexity index is 3000. The normalized spacial score (nSPS) is 12.0. The highest BCUT2D eigenvalue weighted by atomic mass is 14.8. The van der Waals surface area contributed by atoms with Crippen LogP contribution in [0.3, 0.4) is 0 Å². The molecule has 0 radical (unpaired) electrons. The number of pyridine rings is 3. The van der Waals surface area contributed by atoms with Crippen molar-refractivity contribution in [2.75, 3.05) is 0 Å². The number of aliphatic imine (C=N–C) groups is 1. The summed E-state index contributed by atoms with van der Waals surface area (Å²) in [7, 11) is 0. The molecule has 0 saturated heterocycles. The predicted octanol–water partition coefficient (Wildman–Crippen LogP) is 12.5. The van der Waals surface area contributed by atoms with E-state index in [0.717, 1.165) is 94.3 Å². The van der Waals surface area contributed by atoms with E-state index in [2.05, 4.69) is 116 Å². The van der Waals surface area contributed by atoms with Crippen LogP contribution in [-0.4, -0.2) is 20.7 Å². The molecule has 0 aliphatic carbocycles. The summed E-state index contributed by atoms with van der Waals surface area (Å²) < 4.78 is 0. The van der Waals surface area contributed by atoms with Gasteiger partial charge in [-0.05, 0) is 59.0 Å². The Labute approximate surface area is 332 Å². The molecule has 3 aromatic heterocycles. The van der Waals surface area contributed by atoms with Gasteiger partial charge in [-0.1, -0.05) is 158 Å². The van der Waals surface area contributed by atoms with Crippen molar-refractivity contribution in [3.8, 4) is 33.5 Å². The lowest BCUT2D eigenvalue weighted by Crippen LogP contribution is -2.03. The van der Waals surface area contributed by atoms with Gasteiger partial charge in [-0.15, -0.1) is 0 Å². The summed E-state index contributed by atoms with van der Waals surface area (Å²) in [5.74, 6) is 0. The third-order valence-corrected chi connectivity index (χ3v) is 10.4. The molecule has 0 unspecified atom stereocenters. The zero-order chi connectivity index (χ0) is 38.7. The van der Waals surface area contributed by atoms with Crippen LogP contribution in [0.2, 0.25) is 0 Å². The van der Waals surface area contributed by atoms with Gasteiger partial charge in [0.2, 0.25) is 0 Å². The zero-order valence-corrected chi connectivity index (χ0v) is 31.6. The smallest absolute Gasteiger partial charge is 0.0978 e. The van der Waals surface area contributed by atoms with Gasteiger partial charge in [0.05, 0.1) is 33.7 Å². The van der Waals surface area contributed by atoms with Crippen molar-refractivity contribution < 1.29 is 0 Å². The van der Waals surface area contributed by atoms with Gasteiger partial charge in [0.15, 0.2) is 0 Å². The quantitative estimate of drug-likeness (QED) is 0.118. The molecule has 9 rings (SSSR count). The van der Waals surface area contributed by atoms with Crippen LogP contribution in [0.15, 0.2) is 194 Å². The lowest BCUT2D eigenvalue weighted by atomic mass is 9.95. The highest BCUT2D eigenvalue weighted by Gasteiger charge is 2.15. The Hall–Kier alpha value is -7.50. The van der Waals surface area contributed by atoms with Crippen molar-refractivity contribution >= 4 is 49.8 Å². The molecular formula is C52H39N5. The number of aromatic nitrogens is 3. The number of hydrogen-bond donors (Lipinski definition) is 1. The van der Waals surface area contributed by atoms with E-state index in [1.165, 1.54) is 0 Å². The minimum atomic E-state index is 0.513. The first-order valence-corrected chi connectivity index (χ1v) is 19.1. The van der Waals surface area contributed by atoms with Crippen molar-refractivity contribution in [1.29, 1.82) is 0 Å². The van der Waals surface area contributed by atoms with E-state index in [1.807, 2.05) is 79.9 Å². The molecule has 0 amide bonds. The number of benzene rings is 6. The molecule has 6 aromatic carbocycles. The van der Waals surface area contributed by atoms with E-state index >= 15 is 0 Å². The number of para-hydroxylation sites is 1. The maximum Gasteiger partial charge on any atom is 0.0978 e. The highest BCUT2D eigenvalue weighted by molar-refractivity contribution is 6.10. The average molecular weight is 734 g/mol. The summed E-state index contributed by atoms with van der Waals surface area (Å²) in [6, 6.07) is 58.3. The molecule has 0 aliphatic rings. The number of aryl methyl sites for hydroxylation is 1. The van der Waals surface area contributed by atoms with Crippen molar-refractivity contribution in [2.45, 2.75) is 13.3 Å². The SMILES string of the molecule is C=C(N=C(C/C=C(\N)c1ccccc1)c1ccc(-c2cc(-c3ccccc3)nc3c2ccc2ccc(C)nc23)cc1)c1cccc(-c2cccc3cccnc23)c1. The number of fused-ring (bicyclic) bond motifs is 4. The Morgan fingerprint density at radius 1 is 0.579 bits per heavy atom. The topological polar surface area (TPSA) is 77.0 Å². The first kappa shape index (κ1) is 35.2. The van der Waals surface area contributed by atoms with E-state index in [9.17, 15) is 0 Å². The van der Waals surface area contributed by atoms with Crippen LogP contribution in [0.1, 0.15) is 28.8 Å². The molecule has 57 heavy (non-hydrogen) atoms. The lowest BCUT2D eigenvalue weighted by Gasteiger charge is -2.14. The maximum absolute atomic E-state index is 6.62. The van der Waals surface area contributed by atoms with E-state index in [-0.39, 0.29) is 0 Å². The van der Waals surface area contributed by atoms with Crippen molar-refractivity contribution in [2.24, 2.45) is 10.7 Å². The second-order valence-electron chi connectivity index (χ2n) is 14.2. The van der Waals surface area contributed by atoms with Crippen LogP contribution < -0.4 is 5.73 Å². The second-order valence-corrected chi connectivity index (χ2v) is 14.2. The van der Waals surface area contributed by atoms with Crippen molar-refractivity contribution in [1.82, 2.24) is 15.0 Å². The monoisotopic (exact) mass is 733 g/mol. The molecule has 9 aromatic rings. The fourth-order valence-electron chi connectivity index (χ4n) is 7.42. The summed E-state index contributed by atoms with van der Waals surface area (Å²) in [5, 5.41) is 3.22. The summed E-state index contributed by atoms with van der Waals surface area (Å²) in [4.78, 5) is 20.1. The van der Waals surface area contributed by atoms with Gasteiger partial charge >= 0.3 is 0 Å². The van der Waals surface area contributed by atoms with Crippen LogP contribution in [0.25, 0.3) is 77.6 Å². The molecule has 0 fully saturated rings. The van der Waals surface area contributed by atoms with Gasteiger partial charge in [-0.2, -0.15) is 0 Å². The number of nitrogens with zero attached hydrogens (tertiary/aromatic N) is 4. The molecule has 3 heterocycles. The highest BCUT2D eigenvalue weighted by Crippen LogP contribution is 2.36. The summed E-state index contributed by atoms with van der Waals surface area (Å²) in [6.45, 7) is 6.50. The number of hydrogen-bond acceptors (Lipinski definition) is 5. The van der Waals surface area contributed by atoms with Gasteiger partial charge in [-0.3, -0.25) is 15.0 Å². The van der Waals surface area contributed by atoms with E-state index in [4.69, 9.17) is 25.7 Å². The Morgan fingerprint density at radius 3 is 2.11 bits per heavy atom. The van der Waals surface area contributed by atoms with E-state index in [1.54, 1.807) is 0 Å². The molecule has 2 N–H and O–H groups in total. The molecule has 0 aliphatic heterocycles. The number of rotatable bonds is 9. The Balaban J connectivity index is 1.12. The number of nitrogens with two attached hydrogens (primary N) is 1. The van der Waals surface area contributed by atoms with Crippen molar-refractivity contribution in [3.63, 3.8) is 0 Å².